The Morgan fingerprint density at radius 2 is 1.96 bits per heavy atom. The van der Waals surface area contributed by atoms with Crippen LogP contribution in [0.1, 0.15) is 11.1 Å². The molecule has 2 N–H and O–H groups in total. The third-order valence-electron chi connectivity index (χ3n) is 3.51. The van der Waals surface area contributed by atoms with Gasteiger partial charge in [-0.2, -0.15) is 13.2 Å². The van der Waals surface area contributed by atoms with Gasteiger partial charge in [0.25, 0.3) is 0 Å². The highest BCUT2D eigenvalue weighted by Crippen LogP contribution is 2.17. The quantitative estimate of drug-likeness (QED) is 0.438. The van der Waals surface area contributed by atoms with Crippen LogP contribution in [-0.4, -0.2) is 37.3 Å². The number of pyridine rings is 1. The summed E-state index contributed by atoms with van der Waals surface area (Å²) in [5, 5.41) is 6.08. The molecule has 0 bridgehead atoms. The van der Waals surface area contributed by atoms with Gasteiger partial charge in [-0.05, 0) is 29.7 Å². The van der Waals surface area contributed by atoms with Crippen molar-refractivity contribution in [3.05, 3.63) is 59.5 Å². The number of nitrogens with zero attached hydrogens (tertiary/aromatic N) is 2. The van der Waals surface area contributed by atoms with Gasteiger partial charge in [-0.25, -0.2) is 9.37 Å². The van der Waals surface area contributed by atoms with Crippen molar-refractivity contribution >= 4 is 5.96 Å². The van der Waals surface area contributed by atoms with E-state index >= 15 is 0 Å². The van der Waals surface area contributed by atoms with Crippen LogP contribution in [0.15, 0.2) is 47.6 Å². The topological polar surface area (TPSA) is 58.5 Å². The second-order valence-electron chi connectivity index (χ2n) is 5.60. The molecule has 0 amide bonds. The molecule has 146 valence electrons. The first-order valence-corrected chi connectivity index (χ1v) is 8.20. The van der Waals surface area contributed by atoms with Crippen LogP contribution in [0.3, 0.4) is 0 Å². The molecule has 0 aliphatic heterocycles. The summed E-state index contributed by atoms with van der Waals surface area (Å²) in [5.41, 5.74) is 1.28. The lowest BCUT2D eigenvalue weighted by Crippen LogP contribution is -2.37. The number of guanidine groups is 1. The van der Waals surface area contributed by atoms with E-state index in [1.54, 1.807) is 31.3 Å². The van der Waals surface area contributed by atoms with Crippen molar-refractivity contribution in [1.29, 1.82) is 0 Å². The summed E-state index contributed by atoms with van der Waals surface area (Å²) in [5.74, 6) is 0.125. The second-order valence-corrected chi connectivity index (χ2v) is 5.60. The van der Waals surface area contributed by atoms with Crippen molar-refractivity contribution in [2.45, 2.75) is 19.1 Å². The smallest absolute Gasteiger partial charge is 0.422 e. The van der Waals surface area contributed by atoms with Crippen LogP contribution in [0.4, 0.5) is 17.6 Å². The van der Waals surface area contributed by atoms with E-state index in [9.17, 15) is 17.6 Å². The predicted octanol–water partition coefficient (Wildman–Crippen LogP) is 3.07. The molecule has 0 radical (unpaired) electrons. The molecule has 0 fully saturated rings. The summed E-state index contributed by atoms with van der Waals surface area (Å²) in [6.07, 6.45) is -2.56. The summed E-state index contributed by atoms with van der Waals surface area (Å²) >= 11 is 0. The lowest BCUT2D eigenvalue weighted by atomic mass is 10.1. The van der Waals surface area contributed by atoms with Gasteiger partial charge in [-0.1, -0.05) is 18.2 Å². The van der Waals surface area contributed by atoms with E-state index in [2.05, 4.69) is 25.3 Å². The maximum absolute atomic E-state index is 13.6. The van der Waals surface area contributed by atoms with Gasteiger partial charge >= 0.3 is 6.18 Å². The molecule has 0 aliphatic rings. The van der Waals surface area contributed by atoms with Gasteiger partial charge in [0.05, 0.1) is 0 Å². The van der Waals surface area contributed by atoms with Crippen LogP contribution in [-0.2, 0) is 13.0 Å². The monoisotopic (exact) mass is 384 g/mol. The minimum atomic E-state index is -4.42. The average Bonchev–Trinajstić information content (AvgIpc) is 2.64. The van der Waals surface area contributed by atoms with E-state index < -0.39 is 12.8 Å². The molecule has 9 heteroatoms. The van der Waals surface area contributed by atoms with Crippen LogP contribution < -0.4 is 15.4 Å². The fraction of sp³-hybridized carbons (Fsp3) is 0.333. The van der Waals surface area contributed by atoms with Gasteiger partial charge in [0, 0.05) is 32.4 Å². The van der Waals surface area contributed by atoms with Crippen LogP contribution in [0.5, 0.6) is 5.88 Å². The Hall–Kier alpha value is -2.84. The van der Waals surface area contributed by atoms with Gasteiger partial charge in [0.15, 0.2) is 12.6 Å². The van der Waals surface area contributed by atoms with Gasteiger partial charge < -0.3 is 15.4 Å². The molecule has 0 unspecified atom stereocenters. The van der Waals surface area contributed by atoms with Gasteiger partial charge in [0.1, 0.15) is 5.82 Å². The Morgan fingerprint density at radius 3 is 2.67 bits per heavy atom. The normalized spacial score (nSPS) is 12.0. The van der Waals surface area contributed by atoms with Gasteiger partial charge in [-0.3, -0.25) is 4.99 Å². The van der Waals surface area contributed by atoms with Crippen molar-refractivity contribution in [2.24, 2.45) is 4.99 Å². The highest BCUT2D eigenvalue weighted by molar-refractivity contribution is 5.79. The average molecular weight is 384 g/mol. The van der Waals surface area contributed by atoms with Gasteiger partial charge in [0.2, 0.25) is 5.88 Å². The van der Waals surface area contributed by atoms with Crippen molar-refractivity contribution in [3.63, 3.8) is 0 Å². The van der Waals surface area contributed by atoms with E-state index in [1.165, 1.54) is 18.3 Å². The first-order valence-electron chi connectivity index (χ1n) is 8.20. The second kappa shape index (κ2) is 9.75. The molecule has 2 aromatic rings. The van der Waals surface area contributed by atoms with Crippen LogP contribution in [0.25, 0.3) is 0 Å². The molecule has 0 spiro atoms. The fourth-order valence-electron chi connectivity index (χ4n) is 2.22. The third-order valence-corrected chi connectivity index (χ3v) is 3.51. The first kappa shape index (κ1) is 20.5. The summed E-state index contributed by atoms with van der Waals surface area (Å²) in [4.78, 5) is 7.80. The maximum atomic E-state index is 13.6. The number of ether oxygens (including phenoxy) is 1. The van der Waals surface area contributed by atoms with Crippen molar-refractivity contribution in [1.82, 2.24) is 15.6 Å². The van der Waals surface area contributed by atoms with Crippen LogP contribution >= 0.6 is 0 Å². The van der Waals surface area contributed by atoms with Gasteiger partial charge in [-0.15, -0.1) is 0 Å². The molecule has 1 aromatic heterocycles. The molecule has 0 saturated heterocycles. The zero-order chi connectivity index (χ0) is 19.7. The number of alkyl halides is 3. The number of rotatable bonds is 7. The molecule has 2 rings (SSSR count). The molecule has 0 atom stereocenters. The fourth-order valence-corrected chi connectivity index (χ4v) is 2.22. The molecular formula is C18H20F4N4O. The van der Waals surface area contributed by atoms with Crippen molar-refractivity contribution in [2.75, 3.05) is 20.2 Å². The summed E-state index contributed by atoms with van der Waals surface area (Å²) in [6.45, 7) is -0.614. The molecule has 1 heterocycles. The minimum Gasteiger partial charge on any atom is -0.468 e. The molecule has 27 heavy (non-hydrogen) atoms. The van der Waals surface area contributed by atoms with E-state index in [-0.39, 0.29) is 11.7 Å². The number of hydrogen-bond donors (Lipinski definition) is 2. The molecule has 1 aromatic carbocycles. The minimum absolute atomic E-state index is 0.103. The van der Waals surface area contributed by atoms with Crippen LogP contribution in [0.2, 0.25) is 0 Å². The van der Waals surface area contributed by atoms with Crippen LogP contribution in [0, 0.1) is 5.82 Å². The Balaban J connectivity index is 1.81. The molecular weight excluding hydrogens is 364 g/mol. The lowest BCUT2D eigenvalue weighted by Gasteiger charge is -2.13. The van der Waals surface area contributed by atoms with E-state index in [0.29, 0.717) is 36.6 Å². The molecule has 5 nitrogen and oxygen atoms in total. The SMILES string of the molecule is CN=C(NCCc1ccccc1F)NCc1ccnc(OCC(F)(F)F)c1. The first-order chi connectivity index (χ1) is 12.9. The number of nitrogens with one attached hydrogen (secondary N) is 2. The zero-order valence-electron chi connectivity index (χ0n) is 14.7. The summed E-state index contributed by atoms with van der Waals surface area (Å²) in [6, 6.07) is 9.60. The molecule has 0 aliphatic carbocycles. The number of halogens is 4. The highest BCUT2D eigenvalue weighted by atomic mass is 19.4. The summed E-state index contributed by atoms with van der Waals surface area (Å²) in [7, 11) is 1.59. The number of benzene rings is 1. The lowest BCUT2D eigenvalue weighted by molar-refractivity contribution is -0.154. The van der Waals surface area contributed by atoms with E-state index in [0.717, 1.165) is 0 Å². The van der Waals surface area contributed by atoms with Crippen molar-refractivity contribution < 1.29 is 22.3 Å². The largest absolute Gasteiger partial charge is 0.468 e. The van der Waals surface area contributed by atoms with E-state index in [1.807, 2.05) is 0 Å². The Bertz CT molecular complexity index is 765. The highest BCUT2D eigenvalue weighted by Gasteiger charge is 2.28. The summed E-state index contributed by atoms with van der Waals surface area (Å²) < 4.78 is 54.8. The Morgan fingerprint density at radius 1 is 1.19 bits per heavy atom. The zero-order valence-corrected chi connectivity index (χ0v) is 14.7. The Kier molecular flexibility index (Phi) is 7.39. The molecule has 0 saturated carbocycles. The third kappa shape index (κ3) is 7.51. The maximum Gasteiger partial charge on any atom is 0.422 e. The number of hydrogen-bond acceptors (Lipinski definition) is 3. The van der Waals surface area contributed by atoms with Crippen molar-refractivity contribution in [3.8, 4) is 5.88 Å². The standard InChI is InChI=1S/C18H20F4N4O/c1-23-17(25-9-7-14-4-2-3-5-15(14)19)26-11-13-6-8-24-16(10-13)27-12-18(20,21)22/h2-6,8,10H,7,9,11-12H2,1H3,(H2,23,25,26). The van der Waals surface area contributed by atoms with E-state index in [4.69, 9.17) is 0 Å². The predicted molar refractivity (Wildman–Crippen MR) is 94.1 cm³/mol. The Labute approximate surface area is 154 Å². The number of aliphatic imine (C=N–C) groups is 1. The number of aromatic nitrogens is 1.